The zero-order valence-electron chi connectivity index (χ0n) is 13.4. The lowest BCUT2D eigenvalue weighted by Gasteiger charge is -2.26. The highest BCUT2D eigenvalue weighted by molar-refractivity contribution is 5.61. The largest absolute Gasteiger partial charge is 0.370 e. The van der Waals surface area contributed by atoms with Gasteiger partial charge < -0.3 is 10.2 Å². The summed E-state index contributed by atoms with van der Waals surface area (Å²) in [7, 11) is 0. The van der Waals surface area contributed by atoms with E-state index in [9.17, 15) is 10.1 Å². The van der Waals surface area contributed by atoms with Crippen LogP contribution in [0, 0.1) is 16.0 Å². The molecule has 0 fully saturated rings. The van der Waals surface area contributed by atoms with Gasteiger partial charge in [-0.3, -0.25) is 10.1 Å². The van der Waals surface area contributed by atoms with Gasteiger partial charge in [0, 0.05) is 25.7 Å². The van der Waals surface area contributed by atoms with Crippen LogP contribution in [0.2, 0.25) is 0 Å². The minimum absolute atomic E-state index is 0.0736. The Kier molecular flexibility index (Phi) is 6.91. The molecule has 6 heteroatoms. The Labute approximate surface area is 126 Å². The highest BCUT2D eigenvalue weighted by Crippen LogP contribution is 2.28. The fourth-order valence-corrected chi connectivity index (χ4v) is 2.32. The highest BCUT2D eigenvalue weighted by atomic mass is 16.6. The number of hydrogen-bond donors (Lipinski definition) is 1. The molecule has 0 bridgehead atoms. The van der Waals surface area contributed by atoms with Crippen molar-refractivity contribution < 1.29 is 4.92 Å². The van der Waals surface area contributed by atoms with Gasteiger partial charge in [-0.2, -0.15) is 0 Å². The lowest BCUT2D eigenvalue weighted by Crippen LogP contribution is -2.30. The second kappa shape index (κ2) is 8.44. The van der Waals surface area contributed by atoms with Crippen LogP contribution in [0.5, 0.6) is 0 Å². The van der Waals surface area contributed by atoms with Crippen LogP contribution < -0.4 is 10.2 Å². The van der Waals surface area contributed by atoms with Crippen LogP contribution in [0.4, 0.5) is 17.3 Å². The summed E-state index contributed by atoms with van der Waals surface area (Å²) in [6.45, 7) is 10.5. The Hall–Kier alpha value is -1.85. The Balaban J connectivity index is 3.14. The molecule has 0 aliphatic carbocycles. The first kappa shape index (κ1) is 17.2. The second-order valence-corrected chi connectivity index (χ2v) is 5.05. The highest BCUT2D eigenvalue weighted by Gasteiger charge is 2.22. The van der Waals surface area contributed by atoms with E-state index in [1.807, 2.05) is 18.7 Å². The van der Waals surface area contributed by atoms with Crippen molar-refractivity contribution in [2.24, 2.45) is 5.92 Å². The van der Waals surface area contributed by atoms with Crippen molar-refractivity contribution in [3.63, 3.8) is 0 Å². The van der Waals surface area contributed by atoms with E-state index in [4.69, 9.17) is 0 Å². The van der Waals surface area contributed by atoms with Gasteiger partial charge in [-0.25, -0.2) is 4.98 Å². The van der Waals surface area contributed by atoms with Crippen LogP contribution in [-0.2, 0) is 0 Å². The molecular weight excluding hydrogens is 268 g/mol. The molecule has 0 aliphatic rings. The molecule has 1 heterocycles. The third-order valence-corrected chi connectivity index (χ3v) is 3.72. The van der Waals surface area contributed by atoms with Crippen molar-refractivity contribution in [3.8, 4) is 0 Å². The number of nitrogens with one attached hydrogen (secondary N) is 1. The SMILES string of the molecule is CCNc1ccc([N+](=O)[O-])c(N(CC)CC(CC)CC)n1. The fourth-order valence-electron chi connectivity index (χ4n) is 2.32. The number of rotatable bonds is 9. The second-order valence-electron chi connectivity index (χ2n) is 5.05. The average molecular weight is 294 g/mol. The molecule has 6 nitrogen and oxygen atoms in total. The van der Waals surface area contributed by atoms with Gasteiger partial charge in [0.2, 0.25) is 5.82 Å². The molecule has 1 aromatic heterocycles. The molecule has 0 atom stereocenters. The van der Waals surface area contributed by atoms with Gasteiger partial charge in [0.25, 0.3) is 0 Å². The molecule has 0 unspecified atom stereocenters. The summed E-state index contributed by atoms with van der Waals surface area (Å²) >= 11 is 0. The third kappa shape index (κ3) is 4.58. The summed E-state index contributed by atoms with van der Waals surface area (Å²) in [4.78, 5) is 17.4. The van der Waals surface area contributed by atoms with Gasteiger partial charge in [-0.1, -0.05) is 26.7 Å². The van der Waals surface area contributed by atoms with Gasteiger partial charge in [-0.15, -0.1) is 0 Å². The number of nitrogens with zero attached hydrogens (tertiary/aromatic N) is 3. The van der Waals surface area contributed by atoms with E-state index in [1.165, 1.54) is 6.07 Å². The lowest BCUT2D eigenvalue weighted by atomic mass is 10.0. The summed E-state index contributed by atoms with van der Waals surface area (Å²) in [6.07, 6.45) is 2.13. The molecule has 1 rings (SSSR count). The van der Waals surface area contributed by atoms with Gasteiger partial charge >= 0.3 is 5.69 Å². The van der Waals surface area contributed by atoms with E-state index in [-0.39, 0.29) is 10.6 Å². The average Bonchev–Trinajstić information content (AvgIpc) is 2.48. The van der Waals surface area contributed by atoms with E-state index in [0.29, 0.717) is 24.1 Å². The molecule has 1 aromatic rings. The van der Waals surface area contributed by atoms with Crippen LogP contribution in [-0.4, -0.2) is 29.5 Å². The minimum Gasteiger partial charge on any atom is -0.370 e. The summed E-state index contributed by atoms with van der Waals surface area (Å²) in [5.74, 6) is 1.67. The van der Waals surface area contributed by atoms with E-state index >= 15 is 0 Å². The maximum absolute atomic E-state index is 11.3. The first-order chi connectivity index (χ1) is 10.1. The van der Waals surface area contributed by atoms with Crippen molar-refractivity contribution in [1.82, 2.24) is 4.98 Å². The Morgan fingerprint density at radius 3 is 2.43 bits per heavy atom. The number of anilines is 2. The fraction of sp³-hybridized carbons (Fsp3) is 0.667. The van der Waals surface area contributed by atoms with E-state index in [0.717, 1.165) is 25.9 Å². The Morgan fingerprint density at radius 2 is 1.95 bits per heavy atom. The number of pyridine rings is 1. The monoisotopic (exact) mass is 294 g/mol. The molecule has 0 aromatic carbocycles. The van der Waals surface area contributed by atoms with Crippen molar-refractivity contribution >= 4 is 17.3 Å². The summed E-state index contributed by atoms with van der Waals surface area (Å²) in [6, 6.07) is 3.20. The number of nitro groups is 1. The Morgan fingerprint density at radius 1 is 1.29 bits per heavy atom. The molecule has 1 N–H and O–H groups in total. The number of aromatic nitrogens is 1. The maximum atomic E-state index is 11.3. The standard InChI is InChI=1S/C15H26N4O2/c1-5-12(6-2)11-18(8-4)15-13(19(20)21)9-10-14(17-15)16-7-3/h9-10,12H,5-8,11H2,1-4H3,(H,16,17). The van der Waals surface area contributed by atoms with E-state index in [1.54, 1.807) is 6.07 Å². The summed E-state index contributed by atoms with van der Waals surface area (Å²) < 4.78 is 0. The van der Waals surface area contributed by atoms with Crippen molar-refractivity contribution in [2.45, 2.75) is 40.5 Å². The third-order valence-electron chi connectivity index (χ3n) is 3.72. The topological polar surface area (TPSA) is 71.3 Å². The number of hydrogen-bond acceptors (Lipinski definition) is 5. The molecule has 0 amide bonds. The summed E-state index contributed by atoms with van der Waals surface area (Å²) in [5, 5.41) is 14.4. The quantitative estimate of drug-likeness (QED) is 0.555. The van der Waals surface area contributed by atoms with E-state index in [2.05, 4.69) is 24.1 Å². The van der Waals surface area contributed by atoms with Gasteiger partial charge in [0.05, 0.1) is 4.92 Å². The van der Waals surface area contributed by atoms with Crippen molar-refractivity contribution in [3.05, 3.63) is 22.2 Å². The normalized spacial score (nSPS) is 10.7. The lowest BCUT2D eigenvalue weighted by molar-refractivity contribution is -0.384. The first-order valence-electron chi connectivity index (χ1n) is 7.71. The van der Waals surface area contributed by atoms with Crippen LogP contribution in [0.1, 0.15) is 40.5 Å². The predicted molar refractivity (Wildman–Crippen MR) is 87.0 cm³/mol. The minimum atomic E-state index is -0.354. The van der Waals surface area contributed by atoms with Crippen molar-refractivity contribution in [1.29, 1.82) is 0 Å². The molecule has 0 saturated heterocycles. The zero-order valence-corrected chi connectivity index (χ0v) is 13.4. The Bertz CT molecular complexity index is 461. The maximum Gasteiger partial charge on any atom is 0.311 e. The van der Waals surface area contributed by atoms with Crippen LogP contribution in [0.15, 0.2) is 12.1 Å². The van der Waals surface area contributed by atoms with E-state index < -0.39 is 0 Å². The molecule has 0 radical (unpaired) electrons. The summed E-state index contributed by atoms with van der Waals surface area (Å²) in [5.41, 5.74) is 0.0736. The van der Waals surface area contributed by atoms with Gasteiger partial charge in [-0.05, 0) is 25.8 Å². The van der Waals surface area contributed by atoms with Crippen LogP contribution >= 0.6 is 0 Å². The molecular formula is C15H26N4O2. The molecule has 118 valence electrons. The molecule has 0 aliphatic heterocycles. The molecule has 0 saturated carbocycles. The van der Waals surface area contributed by atoms with Crippen LogP contribution in [0.25, 0.3) is 0 Å². The molecule has 21 heavy (non-hydrogen) atoms. The van der Waals surface area contributed by atoms with Gasteiger partial charge in [0.1, 0.15) is 5.82 Å². The van der Waals surface area contributed by atoms with Crippen molar-refractivity contribution in [2.75, 3.05) is 29.9 Å². The van der Waals surface area contributed by atoms with Gasteiger partial charge in [0.15, 0.2) is 0 Å². The smallest absolute Gasteiger partial charge is 0.311 e. The zero-order chi connectivity index (χ0) is 15.8. The van der Waals surface area contributed by atoms with Crippen LogP contribution in [0.3, 0.4) is 0 Å². The predicted octanol–water partition coefficient (Wildman–Crippen LogP) is 3.68. The first-order valence-corrected chi connectivity index (χ1v) is 7.71. The molecule has 0 spiro atoms.